The summed E-state index contributed by atoms with van der Waals surface area (Å²) in [4.78, 5) is 22.2. The standard InChI is InChI=1S/C12H11BrN4O3S/c1-6(9(18)15-11(14)19)21-12-17-16-10(20-12)7-2-4-8(13)5-3-7/h2-6H,1H3,(H3,14,15,18,19)/t6-/m0/s1. The first kappa shape index (κ1) is 15.5. The van der Waals surface area contributed by atoms with Gasteiger partial charge in [-0.15, -0.1) is 10.2 Å². The van der Waals surface area contributed by atoms with Gasteiger partial charge in [-0.25, -0.2) is 4.79 Å². The van der Waals surface area contributed by atoms with Gasteiger partial charge in [-0.3, -0.25) is 10.1 Å². The Labute approximate surface area is 132 Å². The summed E-state index contributed by atoms with van der Waals surface area (Å²) in [6, 6.07) is 6.48. The van der Waals surface area contributed by atoms with E-state index in [1.165, 1.54) is 0 Å². The number of carbonyl (C=O) groups is 2. The molecule has 0 saturated heterocycles. The number of amides is 3. The topological polar surface area (TPSA) is 111 Å². The van der Waals surface area contributed by atoms with Gasteiger partial charge in [0.05, 0.1) is 5.25 Å². The molecule has 21 heavy (non-hydrogen) atoms. The number of primary amides is 1. The highest BCUT2D eigenvalue weighted by molar-refractivity contribution is 9.10. The molecule has 0 bridgehead atoms. The third kappa shape index (κ3) is 4.30. The quantitative estimate of drug-likeness (QED) is 0.797. The number of aromatic nitrogens is 2. The van der Waals surface area contributed by atoms with Crippen molar-refractivity contribution in [2.75, 3.05) is 0 Å². The summed E-state index contributed by atoms with van der Waals surface area (Å²) in [6.45, 7) is 1.60. The predicted molar refractivity (Wildman–Crippen MR) is 80.5 cm³/mol. The number of hydrogen-bond donors (Lipinski definition) is 2. The van der Waals surface area contributed by atoms with E-state index in [0.717, 1.165) is 21.8 Å². The van der Waals surface area contributed by atoms with Crippen LogP contribution in [0.2, 0.25) is 0 Å². The van der Waals surface area contributed by atoms with Gasteiger partial charge in [-0.05, 0) is 31.2 Å². The van der Waals surface area contributed by atoms with Crippen molar-refractivity contribution in [2.45, 2.75) is 17.4 Å². The number of nitrogens with zero attached hydrogens (tertiary/aromatic N) is 2. The fraction of sp³-hybridized carbons (Fsp3) is 0.167. The van der Waals surface area contributed by atoms with E-state index >= 15 is 0 Å². The lowest BCUT2D eigenvalue weighted by Gasteiger charge is -2.06. The van der Waals surface area contributed by atoms with Crippen LogP contribution in [0, 0.1) is 0 Å². The molecule has 1 aromatic heterocycles. The van der Waals surface area contributed by atoms with Crippen molar-refractivity contribution < 1.29 is 14.0 Å². The van der Waals surface area contributed by atoms with Gasteiger partial charge in [0.2, 0.25) is 11.8 Å². The molecule has 1 atom stereocenters. The van der Waals surface area contributed by atoms with Gasteiger partial charge in [0.1, 0.15) is 0 Å². The lowest BCUT2D eigenvalue weighted by molar-refractivity contribution is -0.119. The number of urea groups is 1. The Morgan fingerprint density at radius 1 is 1.33 bits per heavy atom. The van der Waals surface area contributed by atoms with Gasteiger partial charge < -0.3 is 10.2 Å². The van der Waals surface area contributed by atoms with Crippen LogP contribution in [0.5, 0.6) is 0 Å². The summed E-state index contributed by atoms with van der Waals surface area (Å²) in [6.07, 6.45) is 0. The monoisotopic (exact) mass is 370 g/mol. The Hall–Kier alpha value is -1.87. The van der Waals surface area contributed by atoms with E-state index < -0.39 is 17.2 Å². The number of nitrogens with two attached hydrogens (primary N) is 1. The molecular formula is C12H11BrN4O3S. The van der Waals surface area contributed by atoms with E-state index in [-0.39, 0.29) is 5.22 Å². The smallest absolute Gasteiger partial charge is 0.318 e. The van der Waals surface area contributed by atoms with Crippen LogP contribution in [0.25, 0.3) is 11.5 Å². The molecule has 0 aliphatic rings. The fourth-order valence-corrected chi connectivity index (χ4v) is 2.34. The van der Waals surface area contributed by atoms with E-state index in [1.807, 2.05) is 29.6 Å². The highest BCUT2D eigenvalue weighted by Gasteiger charge is 2.19. The maximum atomic E-state index is 11.5. The average molecular weight is 371 g/mol. The van der Waals surface area contributed by atoms with E-state index in [9.17, 15) is 9.59 Å². The van der Waals surface area contributed by atoms with Crippen molar-refractivity contribution >= 4 is 39.6 Å². The minimum absolute atomic E-state index is 0.236. The van der Waals surface area contributed by atoms with Gasteiger partial charge >= 0.3 is 6.03 Å². The van der Waals surface area contributed by atoms with Crippen molar-refractivity contribution in [3.8, 4) is 11.5 Å². The number of nitrogens with one attached hydrogen (secondary N) is 1. The maximum Gasteiger partial charge on any atom is 0.318 e. The number of rotatable bonds is 4. The minimum Gasteiger partial charge on any atom is -0.411 e. The van der Waals surface area contributed by atoms with Gasteiger partial charge in [0.25, 0.3) is 5.22 Å². The van der Waals surface area contributed by atoms with Crippen LogP contribution in [0.1, 0.15) is 6.92 Å². The second-order valence-electron chi connectivity index (χ2n) is 3.99. The number of carbonyl (C=O) groups excluding carboxylic acids is 2. The van der Waals surface area contributed by atoms with Crippen molar-refractivity contribution in [1.82, 2.24) is 15.5 Å². The first-order chi connectivity index (χ1) is 9.95. The Morgan fingerprint density at radius 2 is 2.00 bits per heavy atom. The number of imide groups is 1. The zero-order valence-electron chi connectivity index (χ0n) is 10.9. The lowest BCUT2D eigenvalue weighted by atomic mass is 10.2. The van der Waals surface area contributed by atoms with E-state index in [4.69, 9.17) is 10.2 Å². The molecular weight excluding hydrogens is 360 g/mol. The first-order valence-electron chi connectivity index (χ1n) is 5.82. The molecule has 110 valence electrons. The van der Waals surface area contributed by atoms with Crippen molar-refractivity contribution in [3.63, 3.8) is 0 Å². The zero-order valence-corrected chi connectivity index (χ0v) is 13.3. The number of benzene rings is 1. The molecule has 3 N–H and O–H groups in total. The highest BCUT2D eigenvalue weighted by atomic mass is 79.9. The number of halogens is 1. The van der Waals surface area contributed by atoms with E-state index in [2.05, 4.69) is 26.1 Å². The Bertz CT molecular complexity index is 659. The maximum absolute atomic E-state index is 11.5. The van der Waals surface area contributed by atoms with Crippen LogP contribution in [0.3, 0.4) is 0 Å². The third-order valence-corrected chi connectivity index (χ3v) is 3.85. The summed E-state index contributed by atoms with van der Waals surface area (Å²) < 4.78 is 6.41. The number of thioether (sulfide) groups is 1. The normalized spacial score (nSPS) is 11.9. The van der Waals surface area contributed by atoms with Gasteiger partial charge in [0, 0.05) is 10.0 Å². The summed E-state index contributed by atoms with van der Waals surface area (Å²) in [5.41, 5.74) is 5.65. The molecule has 3 amide bonds. The summed E-state index contributed by atoms with van der Waals surface area (Å²) >= 11 is 4.38. The van der Waals surface area contributed by atoms with E-state index in [1.54, 1.807) is 6.92 Å². The van der Waals surface area contributed by atoms with Crippen LogP contribution in [-0.4, -0.2) is 27.4 Å². The van der Waals surface area contributed by atoms with Gasteiger partial charge in [-0.1, -0.05) is 27.7 Å². The third-order valence-electron chi connectivity index (χ3n) is 2.39. The Kier molecular flexibility index (Phi) is 4.97. The van der Waals surface area contributed by atoms with E-state index in [0.29, 0.717) is 5.89 Å². The molecule has 0 spiro atoms. The predicted octanol–water partition coefficient (Wildman–Crippen LogP) is 2.17. The summed E-state index contributed by atoms with van der Waals surface area (Å²) in [7, 11) is 0. The van der Waals surface area contributed by atoms with Gasteiger partial charge in [0.15, 0.2) is 0 Å². The van der Waals surface area contributed by atoms with Crippen LogP contribution >= 0.6 is 27.7 Å². The van der Waals surface area contributed by atoms with Crippen LogP contribution < -0.4 is 11.1 Å². The molecule has 0 fully saturated rings. The second kappa shape index (κ2) is 6.72. The van der Waals surface area contributed by atoms with Crippen LogP contribution in [0.4, 0.5) is 4.79 Å². The summed E-state index contributed by atoms with van der Waals surface area (Å²) in [5.74, 6) is -0.164. The van der Waals surface area contributed by atoms with Crippen molar-refractivity contribution in [2.24, 2.45) is 5.73 Å². The largest absolute Gasteiger partial charge is 0.411 e. The highest BCUT2D eigenvalue weighted by Crippen LogP contribution is 2.26. The molecule has 2 rings (SSSR count). The lowest BCUT2D eigenvalue weighted by Crippen LogP contribution is -2.39. The molecule has 0 saturated carbocycles. The molecule has 0 aliphatic carbocycles. The Balaban J connectivity index is 2.04. The molecule has 9 heteroatoms. The molecule has 2 aromatic rings. The molecule has 0 radical (unpaired) electrons. The summed E-state index contributed by atoms with van der Waals surface area (Å²) in [5, 5.41) is 9.41. The average Bonchev–Trinajstić information content (AvgIpc) is 2.87. The molecule has 1 heterocycles. The first-order valence-corrected chi connectivity index (χ1v) is 7.49. The van der Waals surface area contributed by atoms with Crippen molar-refractivity contribution in [1.29, 1.82) is 0 Å². The minimum atomic E-state index is -0.895. The zero-order chi connectivity index (χ0) is 15.4. The Morgan fingerprint density at radius 3 is 2.62 bits per heavy atom. The molecule has 0 aliphatic heterocycles. The van der Waals surface area contributed by atoms with Crippen LogP contribution in [-0.2, 0) is 4.79 Å². The van der Waals surface area contributed by atoms with Gasteiger partial charge in [-0.2, -0.15) is 0 Å². The molecule has 0 unspecified atom stereocenters. The van der Waals surface area contributed by atoms with Crippen LogP contribution in [0.15, 0.2) is 38.4 Å². The SMILES string of the molecule is C[C@H](Sc1nnc(-c2ccc(Br)cc2)o1)C(=O)NC(N)=O. The number of hydrogen-bond acceptors (Lipinski definition) is 6. The van der Waals surface area contributed by atoms with Crippen molar-refractivity contribution in [3.05, 3.63) is 28.7 Å². The molecule has 1 aromatic carbocycles. The fourth-order valence-electron chi connectivity index (χ4n) is 1.39. The molecule has 7 nitrogen and oxygen atoms in total. The second-order valence-corrected chi connectivity index (χ2v) is 6.20.